The molecule has 0 aromatic heterocycles. The maximum Gasteiger partial charge on any atom is 0.316 e. The van der Waals surface area contributed by atoms with E-state index >= 15 is 0 Å². The zero-order valence-corrected chi connectivity index (χ0v) is 5.99. The van der Waals surface area contributed by atoms with Gasteiger partial charge in [-0.15, -0.1) is 0 Å². The molecule has 0 spiro atoms. The van der Waals surface area contributed by atoms with Crippen LogP contribution in [0.2, 0.25) is 0 Å². The van der Waals surface area contributed by atoms with E-state index < -0.39 is 0 Å². The maximum absolute atomic E-state index is 0. The average Bonchev–Trinajstić information content (AvgIpc) is 0. The fourth-order valence-corrected chi connectivity index (χ4v) is 0. The predicted molar refractivity (Wildman–Crippen MR) is 17.1 cm³/mol. The summed E-state index contributed by atoms with van der Waals surface area (Å²) in [5.74, 6) is 0. The Morgan fingerprint density at radius 1 is 1.00 bits per heavy atom. The van der Waals surface area contributed by atoms with Crippen LogP contribution < -0.4 is 0 Å². The second kappa shape index (κ2) is 16.1. The Balaban J connectivity index is 0. The molecule has 0 rings (SSSR count). The SMILES string of the molecule is [CaH2].[Cd].[Cu].[MgH2]. The summed E-state index contributed by atoms with van der Waals surface area (Å²) in [6, 6.07) is 0. The van der Waals surface area contributed by atoms with E-state index in [2.05, 4.69) is 0 Å². The van der Waals surface area contributed by atoms with Crippen molar-refractivity contribution in [3.8, 4) is 0 Å². The van der Waals surface area contributed by atoms with Gasteiger partial charge in [-0.25, -0.2) is 0 Å². The molecule has 21 valence electrons. The van der Waals surface area contributed by atoms with Crippen LogP contribution in [-0.2, 0) is 44.4 Å². The Labute approximate surface area is 103 Å². The van der Waals surface area contributed by atoms with Gasteiger partial charge in [0.25, 0.3) is 0 Å². The Kier molecular flexibility index (Phi) is 104. The minimum Gasteiger partial charge on any atom is 0 e. The molecule has 1 radical (unpaired) electrons. The molecule has 0 nitrogen and oxygen atoms in total. The smallest absolute Gasteiger partial charge is 0 e. The summed E-state index contributed by atoms with van der Waals surface area (Å²) in [6.07, 6.45) is 0. The van der Waals surface area contributed by atoms with Crippen LogP contribution in [0.3, 0.4) is 0 Å². The normalized spacial score (nSPS) is 0. The van der Waals surface area contributed by atoms with Gasteiger partial charge < -0.3 is 0 Å². The second-order valence-corrected chi connectivity index (χ2v) is 0. The zero-order valence-electron chi connectivity index (χ0n) is 1.01. The van der Waals surface area contributed by atoms with Crippen molar-refractivity contribution in [2.24, 2.45) is 0 Å². The van der Waals surface area contributed by atoms with Crippen LogP contribution >= 0.6 is 0 Å². The Morgan fingerprint density at radius 2 is 1.00 bits per heavy atom. The third-order valence-electron chi connectivity index (χ3n) is 0. The molecular formula is H4CaCdCuMg. The number of hydrogen-bond donors (Lipinski definition) is 0. The van der Waals surface area contributed by atoms with Crippen molar-refractivity contribution in [3.63, 3.8) is 0 Å². The largest absolute Gasteiger partial charge is 0.316 e. The van der Waals surface area contributed by atoms with Crippen molar-refractivity contribution in [3.05, 3.63) is 0 Å². The molecule has 0 atom stereocenters. The van der Waals surface area contributed by atoms with Crippen molar-refractivity contribution in [1.29, 1.82) is 0 Å². The van der Waals surface area contributed by atoms with Crippen molar-refractivity contribution in [2.45, 2.75) is 0 Å². The van der Waals surface area contributed by atoms with Crippen molar-refractivity contribution >= 4 is 60.8 Å². The molecule has 0 bridgehead atoms. The summed E-state index contributed by atoms with van der Waals surface area (Å²) < 4.78 is 0. The van der Waals surface area contributed by atoms with Gasteiger partial charge >= 0.3 is 60.8 Å². The van der Waals surface area contributed by atoms with E-state index in [4.69, 9.17) is 0 Å². The average molecular weight is 244 g/mol. The summed E-state index contributed by atoms with van der Waals surface area (Å²) in [5, 5.41) is 0. The van der Waals surface area contributed by atoms with Crippen LogP contribution in [0, 0.1) is 0 Å². The van der Waals surface area contributed by atoms with Gasteiger partial charge in [-0.05, 0) is 0 Å². The van der Waals surface area contributed by atoms with Crippen LogP contribution in [-0.4, -0.2) is 60.8 Å². The zero-order chi connectivity index (χ0) is 0. The van der Waals surface area contributed by atoms with E-state index in [1.54, 1.807) is 0 Å². The molecule has 0 saturated carbocycles. The van der Waals surface area contributed by atoms with Crippen LogP contribution in [0.25, 0.3) is 0 Å². The third kappa shape index (κ3) is 9.08. The van der Waals surface area contributed by atoms with E-state index in [0.29, 0.717) is 0 Å². The Hall–Kier alpha value is 3.47. The predicted octanol–water partition coefficient (Wildman–Crippen LogP) is -1.84. The number of rotatable bonds is 0. The third-order valence-corrected chi connectivity index (χ3v) is 0. The molecule has 0 aliphatic heterocycles. The molecule has 0 amide bonds. The van der Waals surface area contributed by atoms with Gasteiger partial charge in [0.15, 0.2) is 0 Å². The van der Waals surface area contributed by atoms with Crippen molar-refractivity contribution in [2.75, 3.05) is 0 Å². The van der Waals surface area contributed by atoms with Gasteiger partial charge in [-0.3, -0.25) is 0 Å². The molecular weight excluding hydrogens is 240 g/mol. The molecule has 0 aromatic carbocycles. The molecule has 0 heterocycles. The van der Waals surface area contributed by atoms with Gasteiger partial charge in [0.1, 0.15) is 0 Å². The Bertz CT molecular complexity index is 8.00. The van der Waals surface area contributed by atoms with Crippen LogP contribution in [0.4, 0.5) is 0 Å². The first-order valence-electron chi connectivity index (χ1n) is 0. The van der Waals surface area contributed by atoms with E-state index in [0.717, 1.165) is 0 Å². The van der Waals surface area contributed by atoms with E-state index in [1.165, 1.54) is 0 Å². The monoisotopic (exact) mass is 245 g/mol. The molecule has 0 fully saturated rings. The first-order chi connectivity index (χ1) is 0. The number of hydrogen-bond acceptors (Lipinski definition) is 0. The first-order valence-corrected chi connectivity index (χ1v) is 0. The minimum absolute atomic E-state index is 0. The van der Waals surface area contributed by atoms with E-state index in [-0.39, 0.29) is 105 Å². The first kappa shape index (κ1) is 26.0. The van der Waals surface area contributed by atoms with Crippen LogP contribution in [0.5, 0.6) is 0 Å². The topological polar surface area (TPSA) is 0 Å². The quantitative estimate of drug-likeness (QED) is 0.440. The molecule has 0 aliphatic carbocycles. The molecule has 0 aliphatic rings. The van der Waals surface area contributed by atoms with Crippen LogP contribution in [0.1, 0.15) is 0 Å². The standard InChI is InChI=1S/Ca.Cd.Cu.Mg.4H. The van der Waals surface area contributed by atoms with Gasteiger partial charge in [0, 0.05) is 44.4 Å². The van der Waals surface area contributed by atoms with Gasteiger partial charge in [0.2, 0.25) is 0 Å². The molecule has 0 aromatic rings. The molecule has 0 unspecified atom stereocenters. The maximum atomic E-state index is 0. The summed E-state index contributed by atoms with van der Waals surface area (Å²) in [5.41, 5.74) is 0. The second-order valence-electron chi connectivity index (χ2n) is 0. The summed E-state index contributed by atoms with van der Waals surface area (Å²) >= 11 is 0. The summed E-state index contributed by atoms with van der Waals surface area (Å²) in [7, 11) is 0. The summed E-state index contributed by atoms with van der Waals surface area (Å²) in [6.45, 7) is 0. The fraction of sp³-hybridized carbons (Fsp3) is 0. The molecule has 4 heteroatoms. The molecule has 4 heavy (non-hydrogen) atoms. The van der Waals surface area contributed by atoms with Crippen LogP contribution in [0.15, 0.2) is 0 Å². The molecule has 0 N–H and O–H groups in total. The minimum atomic E-state index is 0. The van der Waals surface area contributed by atoms with E-state index in [9.17, 15) is 0 Å². The van der Waals surface area contributed by atoms with Crippen molar-refractivity contribution in [1.82, 2.24) is 0 Å². The van der Waals surface area contributed by atoms with Gasteiger partial charge in [-0.2, -0.15) is 0 Å². The Morgan fingerprint density at radius 3 is 1.00 bits per heavy atom. The van der Waals surface area contributed by atoms with E-state index in [1.807, 2.05) is 0 Å². The van der Waals surface area contributed by atoms with Crippen molar-refractivity contribution < 1.29 is 44.4 Å². The molecule has 0 saturated heterocycles. The fourth-order valence-electron chi connectivity index (χ4n) is 0. The van der Waals surface area contributed by atoms with Gasteiger partial charge in [-0.1, -0.05) is 0 Å². The van der Waals surface area contributed by atoms with Gasteiger partial charge in [0.05, 0.1) is 0 Å². The summed E-state index contributed by atoms with van der Waals surface area (Å²) in [4.78, 5) is 0.